The van der Waals surface area contributed by atoms with Crippen molar-refractivity contribution >= 4 is 17.8 Å². The zero-order chi connectivity index (χ0) is 16.9. The summed E-state index contributed by atoms with van der Waals surface area (Å²) in [6.45, 7) is 1.77. The van der Waals surface area contributed by atoms with Gasteiger partial charge in [0.15, 0.2) is 11.9 Å². The predicted molar refractivity (Wildman–Crippen MR) is 87.5 cm³/mol. The third-order valence-electron chi connectivity index (χ3n) is 4.03. The monoisotopic (exact) mass is 326 g/mol. The summed E-state index contributed by atoms with van der Waals surface area (Å²) in [5.74, 6) is 5.71. The van der Waals surface area contributed by atoms with E-state index in [1.165, 1.54) is 6.42 Å². The molecule has 0 aliphatic carbocycles. The van der Waals surface area contributed by atoms with Crippen molar-refractivity contribution in [2.45, 2.75) is 25.3 Å². The van der Waals surface area contributed by atoms with Crippen LogP contribution in [0.15, 0.2) is 29.4 Å². The van der Waals surface area contributed by atoms with Crippen LogP contribution in [0.2, 0.25) is 0 Å². The molecule has 1 aromatic rings. The fourth-order valence-electron chi connectivity index (χ4n) is 2.79. The van der Waals surface area contributed by atoms with Crippen LogP contribution in [0.3, 0.4) is 0 Å². The number of amides is 3. The summed E-state index contributed by atoms with van der Waals surface area (Å²) < 4.78 is 0. The molecule has 1 unspecified atom stereocenters. The molecule has 0 aromatic heterocycles. The summed E-state index contributed by atoms with van der Waals surface area (Å²) in [6.07, 6.45) is 3.39. The first-order valence-corrected chi connectivity index (χ1v) is 7.88. The van der Waals surface area contributed by atoms with E-state index < -0.39 is 18.0 Å². The van der Waals surface area contributed by atoms with Crippen LogP contribution in [0.4, 0.5) is 4.79 Å². The second kappa shape index (κ2) is 7.04. The zero-order valence-corrected chi connectivity index (χ0v) is 13.1. The molecule has 0 radical (unpaired) electrons. The highest BCUT2D eigenvalue weighted by Crippen LogP contribution is 2.14. The summed E-state index contributed by atoms with van der Waals surface area (Å²) in [5, 5.41) is 17.3. The maximum atomic E-state index is 11.4. The molecule has 2 heterocycles. The summed E-state index contributed by atoms with van der Waals surface area (Å²) in [4.78, 5) is 24.5. The fraction of sp³-hybridized carbons (Fsp3) is 0.353. The topological polar surface area (TPSA) is 94.0 Å². The molecule has 2 saturated heterocycles. The number of oxime groups is 1. The fourth-order valence-corrected chi connectivity index (χ4v) is 2.79. The van der Waals surface area contributed by atoms with Crippen molar-refractivity contribution in [3.8, 4) is 11.8 Å². The number of imide groups is 1. The van der Waals surface area contributed by atoms with Crippen molar-refractivity contribution < 1.29 is 14.8 Å². The standard InChI is InChI=1S/C17H18N4O3/c22-16-14(18-17(23)19-16)9-6-12-4-7-13(8-5-12)15(20-24)21-10-2-1-3-11-21/h4-5,7-8,14,24H,1-3,10-11H2,(H2,18,19,22,23)/b20-15+. The van der Waals surface area contributed by atoms with Crippen LogP contribution in [0.25, 0.3) is 0 Å². The Morgan fingerprint density at radius 3 is 2.46 bits per heavy atom. The van der Waals surface area contributed by atoms with Gasteiger partial charge >= 0.3 is 6.03 Å². The molecule has 2 fully saturated rings. The second-order valence-corrected chi connectivity index (χ2v) is 5.71. The number of benzene rings is 1. The van der Waals surface area contributed by atoms with E-state index in [1.54, 1.807) is 12.1 Å². The maximum Gasteiger partial charge on any atom is 0.322 e. The number of piperidine rings is 1. The summed E-state index contributed by atoms with van der Waals surface area (Å²) in [5.41, 5.74) is 1.53. The average molecular weight is 326 g/mol. The van der Waals surface area contributed by atoms with Crippen molar-refractivity contribution in [3.63, 3.8) is 0 Å². The van der Waals surface area contributed by atoms with Gasteiger partial charge in [-0.25, -0.2) is 4.79 Å². The molecule has 2 aliphatic heterocycles. The molecule has 0 bridgehead atoms. The normalized spacial score (nSPS) is 20.9. The Bertz CT molecular complexity index is 724. The van der Waals surface area contributed by atoms with Gasteiger partial charge < -0.3 is 15.4 Å². The van der Waals surface area contributed by atoms with E-state index in [2.05, 4.69) is 32.5 Å². The van der Waals surface area contributed by atoms with Gasteiger partial charge in [0.2, 0.25) is 0 Å². The lowest BCUT2D eigenvalue weighted by molar-refractivity contribution is -0.119. The van der Waals surface area contributed by atoms with Gasteiger partial charge in [0.05, 0.1) is 0 Å². The molecular formula is C17H18N4O3. The number of rotatable bonds is 1. The first kappa shape index (κ1) is 15.9. The Hall–Kier alpha value is -3.01. The van der Waals surface area contributed by atoms with Gasteiger partial charge in [-0.05, 0) is 43.5 Å². The molecule has 2 aliphatic rings. The minimum Gasteiger partial charge on any atom is -0.409 e. The zero-order valence-electron chi connectivity index (χ0n) is 13.1. The van der Waals surface area contributed by atoms with Crippen LogP contribution in [-0.2, 0) is 4.79 Å². The molecule has 0 spiro atoms. The minimum atomic E-state index is -0.819. The number of nitrogens with zero attached hydrogens (tertiary/aromatic N) is 2. The second-order valence-electron chi connectivity index (χ2n) is 5.71. The number of hydrogen-bond acceptors (Lipinski definition) is 4. The predicted octanol–water partition coefficient (Wildman–Crippen LogP) is 0.868. The summed E-state index contributed by atoms with van der Waals surface area (Å²) in [6, 6.07) is 5.92. The Morgan fingerprint density at radius 2 is 1.88 bits per heavy atom. The molecule has 7 nitrogen and oxygen atoms in total. The lowest BCUT2D eigenvalue weighted by Crippen LogP contribution is -2.36. The highest BCUT2D eigenvalue weighted by molar-refractivity contribution is 6.05. The number of likely N-dealkylation sites (tertiary alicyclic amines) is 1. The van der Waals surface area contributed by atoms with Crippen LogP contribution < -0.4 is 10.6 Å². The summed E-state index contributed by atoms with van der Waals surface area (Å²) >= 11 is 0. The van der Waals surface area contributed by atoms with E-state index in [-0.39, 0.29) is 0 Å². The maximum absolute atomic E-state index is 11.4. The highest BCUT2D eigenvalue weighted by atomic mass is 16.4. The van der Waals surface area contributed by atoms with Crippen LogP contribution in [-0.4, -0.2) is 47.0 Å². The first-order valence-electron chi connectivity index (χ1n) is 7.88. The molecule has 1 atom stereocenters. The lowest BCUT2D eigenvalue weighted by atomic mass is 10.1. The Kier molecular flexibility index (Phi) is 4.66. The van der Waals surface area contributed by atoms with E-state index in [9.17, 15) is 14.8 Å². The lowest BCUT2D eigenvalue weighted by Gasteiger charge is -2.28. The first-order chi connectivity index (χ1) is 11.7. The van der Waals surface area contributed by atoms with Gasteiger partial charge in [-0.2, -0.15) is 0 Å². The number of nitrogens with one attached hydrogen (secondary N) is 2. The molecule has 7 heteroatoms. The van der Waals surface area contributed by atoms with E-state index in [1.807, 2.05) is 12.1 Å². The number of amidine groups is 1. The van der Waals surface area contributed by atoms with Crippen molar-refractivity contribution in [3.05, 3.63) is 35.4 Å². The van der Waals surface area contributed by atoms with Crippen LogP contribution in [0, 0.1) is 11.8 Å². The number of hydrogen-bond donors (Lipinski definition) is 3. The van der Waals surface area contributed by atoms with Crippen LogP contribution >= 0.6 is 0 Å². The largest absolute Gasteiger partial charge is 0.409 e. The van der Waals surface area contributed by atoms with E-state index in [0.29, 0.717) is 11.4 Å². The van der Waals surface area contributed by atoms with Gasteiger partial charge in [0, 0.05) is 24.2 Å². The highest BCUT2D eigenvalue weighted by Gasteiger charge is 2.27. The Balaban J connectivity index is 1.71. The average Bonchev–Trinajstić information content (AvgIpc) is 2.93. The number of carbonyl (C=O) groups excluding carboxylic acids is 2. The quantitative estimate of drug-likeness (QED) is 0.178. The van der Waals surface area contributed by atoms with E-state index in [4.69, 9.17) is 0 Å². The number of carbonyl (C=O) groups is 2. The van der Waals surface area contributed by atoms with Gasteiger partial charge in [0.1, 0.15) is 0 Å². The Labute approximate surface area is 139 Å². The smallest absolute Gasteiger partial charge is 0.322 e. The van der Waals surface area contributed by atoms with Gasteiger partial charge in [-0.1, -0.05) is 17.0 Å². The minimum absolute atomic E-state index is 0.441. The molecule has 3 N–H and O–H groups in total. The molecule has 124 valence electrons. The third kappa shape index (κ3) is 3.49. The summed E-state index contributed by atoms with van der Waals surface area (Å²) in [7, 11) is 0. The van der Waals surface area contributed by atoms with E-state index in [0.717, 1.165) is 31.5 Å². The van der Waals surface area contributed by atoms with Crippen LogP contribution in [0.5, 0.6) is 0 Å². The molecule has 24 heavy (non-hydrogen) atoms. The third-order valence-corrected chi connectivity index (χ3v) is 4.03. The molecule has 3 amide bonds. The molecule has 3 rings (SSSR count). The van der Waals surface area contributed by atoms with Crippen LogP contribution in [0.1, 0.15) is 30.4 Å². The molecular weight excluding hydrogens is 308 g/mol. The van der Waals surface area contributed by atoms with Gasteiger partial charge in [0.25, 0.3) is 5.91 Å². The van der Waals surface area contributed by atoms with Gasteiger partial charge in [-0.15, -0.1) is 0 Å². The van der Waals surface area contributed by atoms with Crippen molar-refractivity contribution in [1.82, 2.24) is 15.5 Å². The number of urea groups is 1. The van der Waals surface area contributed by atoms with Crippen molar-refractivity contribution in [2.75, 3.05) is 13.1 Å². The van der Waals surface area contributed by atoms with Gasteiger partial charge in [-0.3, -0.25) is 10.1 Å². The van der Waals surface area contributed by atoms with Crippen molar-refractivity contribution in [1.29, 1.82) is 0 Å². The Morgan fingerprint density at radius 1 is 1.17 bits per heavy atom. The SMILES string of the molecule is O=C1NC(=O)C(C#Cc2ccc(/C(=N\O)N3CCCCC3)cc2)N1. The molecule has 0 saturated carbocycles. The molecule has 1 aromatic carbocycles. The van der Waals surface area contributed by atoms with E-state index >= 15 is 0 Å². The van der Waals surface area contributed by atoms with Crippen molar-refractivity contribution in [2.24, 2.45) is 5.16 Å².